The average molecular weight is 397 g/mol. The Morgan fingerprint density at radius 3 is 1.27 bits per heavy atom. The summed E-state index contributed by atoms with van der Waals surface area (Å²) in [5.41, 5.74) is -0.0427. The van der Waals surface area contributed by atoms with Gasteiger partial charge < -0.3 is 0 Å². The third-order valence-electron chi connectivity index (χ3n) is 2.39. The van der Waals surface area contributed by atoms with E-state index >= 15 is 0 Å². The van der Waals surface area contributed by atoms with Crippen LogP contribution < -0.4 is 0 Å². The number of rotatable bonds is 8. The molecule has 0 aliphatic heterocycles. The van der Waals surface area contributed by atoms with E-state index in [0.29, 0.717) is 0 Å². The molecule has 0 aromatic heterocycles. The maximum atomic E-state index is 6.20. The van der Waals surface area contributed by atoms with Crippen molar-refractivity contribution in [3.63, 3.8) is 0 Å². The van der Waals surface area contributed by atoms with Crippen molar-refractivity contribution in [2.75, 3.05) is 0 Å². The first-order chi connectivity index (χ1) is 9.66. The molecule has 0 radical (unpaired) electrons. The van der Waals surface area contributed by atoms with Crippen LogP contribution in [0.3, 0.4) is 0 Å². The van der Waals surface area contributed by atoms with Gasteiger partial charge in [-0.25, -0.2) is 0 Å². The summed E-state index contributed by atoms with van der Waals surface area (Å²) in [6, 6.07) is 0. The molecule has 5 heteroatoms. The maximum absolute atomic E-state index is 6.20. The van der Waals surface area contributed by atoms with Gasteiger partial charge in [0.15, 0.2) is 0 Å². The minimum atomic E-state index is -3.86. The van der Waals surface area contributed by atoms with Crippen LogP contribution in [0, 0.1) is 5.41 Å². The van der Waals surface area contributed by atoms with Crippen LogP contribution in [0.2, 0.25) is 0 Å². The standard InChI is InChI=1S/C8H17N.3C3H7O.Nb/c1-7(2,3)6-8(4,5)9;3*1-3(2)4;/h6H2,1-5H3;3*3H,1-2H3;/q;3*-1;+3. The second-order valence-corrected chi connectivity index (χ2v) is 12.9. The van der Waals surface area contributed by atoms with E-state index in [1.165, 1.54) is 0 Å². The van der Waals surface area contributed by atoms with Gasteiger partial charge in [0.2, 0.25) is 0 Å². The van der Waals surface area contributed by atoms with E-state index in [4.69, 9.17) is 13.1 Å². The van der Waals surface area contributed by atoms with Gasteiger partial charge >= 0.3 is 143 Å². The van der Waals surface area contributed by atoms with Gasteiger partial charge in [-0.15, -0.1) is 0 Å². The number of nitrogens with zero attached hydrogens (tertiary/aromatic N) is 1. The zero-order valence-corrected chi connectivity index (χ0v) is 18.8. The van der Waals surface area contributed by atoms with Gasteiger partial charge in [0.25, 0.3) is 0 Å². The van der Waals surface area contributed by atoms with E-state index in [-0.39, 0.29) is 29.3 Å². The molecule has 22 heavy (non-hydrogen) atoms. The first-order valence-corrected chi connectivity index (χ1v) is 12.0. The van der Waals surface area contributed by atoms with Gasteiger partial charge in [0.1, 0.15) is 0 Å². The molecule has 0 aliphatic carbocycles. The molecule has 0 N–H and O–H groups in total. The van der Waals surface area contributed by atoms with Gasteiger partial charge in [-0.2, -0.15) is 0 Å². The van der Waals surface area contributed by atoms with E-state index in [0.717, 1.165) is 6.42 Å². The van der Waals surface area contributed by atoms with Crippen molar-refractivity contribution in [3.05, 3.63) is 0 Å². The normalized spacial score (nSPS) is 14.3. The molecule has 0 saturated carbocycles. The Balaban J connectivity index is 5.80. The Kier molecular flexibility index (Phi) is 8.66. The van der Waals surface area contributed by atoms with E-state index in [1.807, 2.05) is 41.5 Å². The molecule has 0 amide bonds. The summed E-state index contributed by atoms with van der Waals surface area (Å²) >= 11 is -3.86. The predicted octanol–water partition coefficient (Wildman–Crippen LogP) is 5.56. The summed E-state index contributed by atoms with van der Waals surface area (Å²) in [5.74, 6) is 0. The number of hydrogen-bond acceptors (Lipinski definition) is 4. The minimum absolute atomic E-state index is 0.0395. The van der Waals surface area contributed by atoms with Crippen molar-refractivity contribution in [3.8, 4) is 0 Å². The number of hydrogen-bond donors (Lipinski definition) is 0. The van der Waals surface area contributed by atoms with Gasteiger partial charge in [0.05, 0.1) is 0 Å². The molecule has 0 heterocycles. The van der Waals surface area contributed by atoms with Gasteiger partial charge in [-0.1, -0.05) is 0 Å². The molecular formula is C17H38NNbO3. The Bertz CT molecular complexity index is 349. The van der Waals surface area contributed by atoms with Crippen LogP contribution in [0.25, 0.3) is 0 Å². The van der Waals surface area contributed by atoms with Crippen molar-refractivity contribution in [2.24, 2.45) is 8.75 Å². The summed E-state index contributed by atoms with van der Waals surface area (Å²) in [6.07, 6.45) is 1.08. The van der Waals surface area contributed by atoms with Crippen LogP contribution in [0.5, 0.6) is 0 Å². The summed E-state index contributed by atoms with van der Waals surface area (Å²) in [5, 5.41) is 0. The monoisotopic (exact) mass is 397 g/mol. The molecule has 0 unspecified atom stereocenters. The van der Waals surface area contributed by atoms with Gasteiger partial charge in [-0.05, 0) is 0 Å². The van der Waals surface area contributed by atoms with Gasteiger partial charge in [0, 0.05) is 0 Å². The molecule has 0 bridgehead atoms. The van der Waals surface area contributed by atoms with Crippen LogP contribution in [0.1, 0.15) is 82.6 Å². The summed E-state index contributed by atoms with van der Waals surface area (Å²) in [6.45, 7) is 23.1. The van der Waals surface area contributed by atoms with E-state index < -0.39 is 18.1 Å². The molecule has 4 nitrogen and oxygen atoms in total. The second kappa shape index (κ2) is 8.50. The third-order valence-corrected chi connectivity index (χ3v) is 9.39. The molecule has 0 rings (SSSR count). The molecule has 0 aromatic carbocycles. The molecular weight excluding hydrogens is 359 g/mol. The van der Waals surface area contributed by atoms with Gasteiger partial charge in [-0.3, -0.25) is 0 Å². The van der Waals surface area contributed by atoms with Crippen molar-refractivity contribution >= 4 is 0 Å². The molecule has 134 valence electrons. The van der Waals surface area contributed by atoms with E-state index in [1.54, 1.807) is 0 Å². The molecule has 0 aromatic rings. The molecule has 0 spiro atoms. The Morgan fingerprint density at radius 1 is 0.727 bits per heavy atom. The zero-order chi connectivity index (χ0) is 17.8. The summed E-state index contributed by atoms with van der Waals surface area (Å²) < 4.78 is 23.7. The van der Waals surface area contributed by atoms with Crippen molar-refractivity contribution < 1.29 is 27.9 Å². The predicted molar refractivity (Wildman–Crippen MR) is 89.2 cm³/mol. The van der Waals surface area contributed by atoms with Crippen LogP contribution in [-0.4, -0.2) is 23.9 Å². The third kappa shape index (κ3) is 10.2. The van der Waals surface area contributed by atoms with Crippen molar-refractivity contribution in [1.82, 2.24) is 0 Å². The zero-order valence-electron chi connectivity index (χ0n) is 16.6. The van der Waals surface area contributed by atoms with Crippen LogP contribution >= 0.6 is 0 Å². The molecule has 0 fully saturated rings. The fourth-order valence-electron chi connectivity index (χ4n) is 2.61. The molecule has 0 saturated heterocycles. The average Bonchev–Trinajstić information content (AvgIpc) is 2.05. The Labute approximate surface area is 143 Å². The molecule has 0 aliphatic rings. The van der Waals surface area contributed by atoms with E-state index in [2.05, 4.69) is 34.6 Å². The Hall–Kier alpha value is 0.420. The fourth-order valence-corrected chi connectivity index (χ4v) is 9.06. The summed E-state index contributed by atoms with van der Waals surface area (Å²) in [7, 11) is 0. The first-order valence-electron chi connectivity index (χ1n) is 8.35. The topological polar surface area (TPSA) is 40.0 Å². The first kappa shape index (κ1) is 22.4. The Morgan fingerprint density at radius 2 is 1.05 bits per heavy atom. The van der Waals surface area contributed by atoms with Crippen molar-refractivity contribution in [1.29, 1.82) is 0 Å². The van der Waals surface area contributed by atoms with E-state index in [9.17, 15) is 0 Å². The van der Waals surface area contributed by atoms with Crippen molar-refractivity contribution in [2.45, 2.75) is 106 Å². The second-order valence-electron chi connectivity index (χ2n) is 8.58. The quantitative estimate of drug-likeness (QED) is 0.504. The summed E-state index contributed by atoms with van der Waals surface area (Å²) in [4.78, 5) is 0. The SMILES string of the molecule is CC(C)[O][Nb](=[N]C(C)(C)CC(C)(C)C)([O]C(C)C)[O]C(C)C. The van der Waals surface area contributed by atoms with Crippen LogP contribution in [0.15, 0.2) is 3.34 Å². The fraction of sp³-hybridized carbons (Fsp3) is 1.00. The molecule has 0 atom stereocenters. The van der Waals surface area contributed by atoms with Crippen LogP contribution in [0.4, 0.5) is 0 Å². The van der Waals surface area contributed by atoms with Crippen LogP contribution in [-0.2, 0) is 27.9 Å².